The Morgan fingerprint density at radius 3 is 2.76 bits per heavy atom. The third-order valence-electron chi connectivity index (χ3n) is 4.09. The van der Waals surface area contributed by atoms with E-state index in [0.717, 1.165) is 4.09 Å². The molecule has 2 aromatic rings. The molecule has 1 aromatic carbocycles. The summed E-state index contributed by atoms with van der Waals surface area (Å²) in [6, 6.07) is 7.23. The molecule has 154 valence electrons. The van der Waals surface area contributed by atoms with Crippen LogP contribution in [0.15, 0.2) is 66.3 Å². The van der Waals surface area contributed by atoms with Crippen molar-refractivity contribution in [3.05, 3.63) is 71.9 Å². The molecule has 0 bridgehead atoms. The fourth-order valence-electron chi connectivity index (χ4n) is 2.68. The molecule has 0 saturated carbocycles. The number of nitrogens with zero attached hydrogens (tertiary/aromatic N) is 2. The zero-order valence-corrected chi connectivity index (χ0v) is 17.1. The smallest absolute Gasteiger partial charge is 0.189 e. The molecule has 29 heavy (non-hydrogen) atoms. The van der Waals surface area contributed by atoms with E-state index in [9.17, 15) is 14.1 Å². The van der Waals surface area contributed by atoms with Crippen LogP contribution in [0, 0.1) is 0 Å². The number of hydrogen-bond donors (Lipinski definition) is 3. The number of para-hydroxylation sites is 1. The van der Waals surface area contributed by atoms with Crippen LogP contribution < -0.4 is 10.5 Å². The Bertz CT molecular complexity index is 951. The Kier molecular flexibility index (Phi) is 8.26. The summed E-state index contributed by atoms with van der Waals surface area (Å²) in [5.74, 6) is 0.714. The number of aromatic nitrogens is 2. The van der Waals surface area contributed by atoms with Gasteiger partial charge in [-0.05, 0) is 42.4 Å². The minimum atomic E-state index is -1.02. The molecule has 0 fully saturated rings. The number of aliphatic hydroxyl groups is 2. The van der Waals surface area contributed by atoms with Crippen LogP contribution in [0.5, 0.6) is 5.75 Å². The third-order valence-corrected chi connectivity index (χ3v) is 4.50. The van der Waals surface area contributed by atoms with Crippen LogP contribution in [0.25, 0.3) is 17.3 Å². The largest absolute Gasteiger partial charge is 0.496 e. The molecule has 6 nitrogen and oxygen atoms in total. The predicted molar refractivity (Wildman–Crippen MR) is 117 cm³/mol. The van der Waals surface area contributed by atoms with Crippen molar-refractivity contribution in [1.29, 1.82) is 0 Å². The van der Waals surface area contributed by atoms with E-state index in [0.29, 0.717) is 33.7 Å². The van der Waals surface area contributed by atoms with Crippen molar-refractivity contribution >= 4 is 24.2 Å². The number of nitrogens with two attached hydrogens (primary N) is 1. The van der Waals surface area contributed by atoms with Crippen molar-refractivity contribution in [3.63, 3.8) is 0 Å². The van der Waals surface area contributed by atoms with E-state index in [1.165, 1.54) is 0 Å². The molecular formula is C21H24FN3O3S. The predicted octanol–water partition coefficient (Wildman–Crippen LogP) is 3.95. The maximum Gasteiger partial charge on any atom is 0.189 e. The first-order valence-corrected chi connectivity index (χ1v) is 9.45. The highest BCUT2D eigenvalue weighted by atomic mass is 32.2. The number of aliphatic hydroxyl groups excluding tert-OH is 2. The molecule has 2 rings (SSSR count). The van der Waals surface area contributed by atoms with Crippen LogP contribution in [-0.2, 0) is 0 Å². The average molecular weight is 418 g/mol. The molecular weight excluding hydrogens is 393 g/mol. The van der Waals surface area contributed by atoms with Crippen LogP contribution >= 0.6 is 12.3 Å². The zero-order valence-electron chi connectivity index (χ0n) is 16.2. The summed E-state index contributed by atoms with van der Waals surface area (Å²) in [6.45, 7) is 5.34. The quantitative estimate of drug-likeness (QED) is 0.535. The van der Waals surface area contributed by atoms with Gasteiger partial charge in [0.15, 0.2) is 12.3 Å². The van der Waals surface area contributed by atoms with Crippen molar-refractivity contribution in [2.75, 3.05) is 19.5 Å². The van der Waals surface area contributed by atoms with Crippen molar-refractivity contribution in [1.82, 2.24) is 9.19 Å². The molecule has 0 spiro atoms. The topological polar surface area (TPSA) is 93.5 Å². The molecule has 4 N–H and O–H groups in total. The van der Waals surface area contributed by atoms with Gasteiger partial charge in [-0.1, -0.05) is 36.9 Å². The molecule has 8 heteroatoms. The first-order valence-electron chi connectivity index (χ1n) is 8.77. The van der Waals surface area contributed by atoms with Gasteiger partial charge in [0, 0.05) is 11.1 Å². The van der Waals surface area contributed by atoms with Gasteiger partial charge in [-0.15, -0.1) is 3.89 Å². The summed E-state index contributed by atoms with van der Waals surface area (Å²) < 4.78 is 19.6. The normalized spacial score (nSPS) is 13.3. The third kappa shape index (κ3) is 5.38. The lowest BCUT2D eigenvalue weighted by Crippen LogP contribution is -2.13. The summed E-state index contributed by atoms with van der Waals surface area (Å²) in [4.78, 5) is 0. The molecule has 1 unspecified atom stereocenters. The molecule has 1 heterocycles. The van der Waals surface area contributed by atoms with Crippen LogP contribution in [-0.4, -0.2) is 39.2 Å². The molecule has 1 atom stereocenters. The number of benzene rings is 1. The second-order valence-corrected chi connectivity index (χ2v) is 6.52. The van der Waals surface area contributed by atoms with E-state index in [4.69, 9.17) is 10.5 Å². The maximum absolute atomic E-state index is 13.3. The van der Waals surface area contributed by atoms with Crippen LogP contribution in [0.2, 0.25) is 0 Å². The highest BCUT2D eigenvalue weighted by molar-refractivity contribution is 7.92. The molecule has 0 aliphatic heterocycles. The summed E-state index contributed by atoms with van der Waals surface area (Å²) in [6.07, 6.45) is 7.41. The Balaban J connectivity index is 2.47. The molecule has 0 amide bonds. The van der Waals surface area contributed by atoms with Gasteiger partial charge in [0.05, 0.1) is 13.7 Å². The van der Waals surface area contributed by atoms with Gasteiger partial charge in [0.1, 0.15) is 23.4 Å². The van der Waals surface area contributed by atoms with Crippen LogP contribution in [0.3, 0.4) is 0 Å². The van der Waals surface area contributed by atoms with Crippen molar-refractivity contribution in [2.24, 2.45) is 0 Å². The number of rotatable bonds is 9. The fraction of sp³-hybridized carbons (Fsp3) is 0.190. The van der Waals surface area contributed by atoms with Gasteiger partial charge in [-0.2, -0.15) is 9.19 Å². The lowest BCUT2D eigenvalue weighted by molar-refractivity contribution is 0.125. The van der Waals surface area contributed by atoms with Gasteiger partial charge in [0.25, 0.3) is 0 Å². The summed E-state index contributed by atoms with van der Waals surface area (Å²) in [5, 5.41) is 23.3. The van der Waals surface area contributed by atoms with E-state index < -0.39 is 12.7 Å². The number of anilines is 1. The maximum atomic E-state index is 13.3. The Morgan fingerprint density at radius 1 is 1.41 bits per heavy atom. The Morgan fingerprint density at radius 2 is 2.14 bits per heavy atom. The minimum absolute atomic E-state index is 0.102. The van der Waals surface area contributed by atoms with E-state index in [1.54, 1.807) is 50.5 Å². The first kappa shape index (κ1) is 22.5. The number of nitrogen functional groups attached to an aromatic ring is 1. The second kappa shape index (κ2) is 10.7. The standard InChI is InChI=1S/C21H24FN3O3S/c1-4-7-15(18(27)13-26)12-14(2)10-11-17-20(24-25(29-22)21(17)23)16-8-5-6-9-19(16)28-3/h4-12,18,26-27H,2,13,23H2,1,3H3/b7-4-,11-10+,15-12+. The fourth-order valence-corrected chi connectivity index (χ4v) is 2.97. The highest BCUT2D eigenvalue weighted by Crippen LogP contribution is 2.36. The molecule has 0 radical (unpaired) electrons. The number of methoxy groups -OCH3 is 1. The molecule has 1 aromatic heterocycles. The Hall–Kier alpha value is -2.81. The summed E-state index contributed by atoms with van der Waals surface area (Å²) >= 11 is -0.102. The average Bonchev–Trinajstić information content (AvgIpc) is 3.06. The van der Waals surface area contributed by atoms with Gasteiger partial charge in [-0.25, -0.2) is 0 Å². The minimum Gasteiger partial charge on any atom is -0.496 e. The number of hydrogen-bond acceptors (Lipinski definition) is 6. The van der Waals surface area contributed by atoms with Gasteiger partial charge >= 0.3 is 0 Å². The first-order chi connectivity index (χ1) is 14.0. The number of halogens is 1. The SMILES string of the molecule is C=C(/C=C/c1c(-c2ccccc2OC)nn(SF)c1N)/C=C(\C=C/C)C(O)CO. The molecule has 0 aliphatic rings. The highest BCUT2D eigenvalue weighted by Gasteiger charge is 2.18. The van der Waals surface area contributed by atoms with Gasteiger partial charge in [0.2, 0.25) is 0 Å². The van der Waals surface area contributed by atoms with Crippen LogP contribution in [0.4, 0.5) is 9.70 Å². The lowest BCUT2D eigenvalue weighted by atomic mass is 10.0. The van der Waals surface area contributed by atoms with E-state index in [2.05, 4.69) is 11.7 Å². The summed E-state index contributed by atoms with van der Waals surface area (Å²) in [7, 11) is 1.54. The van der Waals surface area contributed by atoms with E-state index >= 15 is 0 Å². The van der Waals surface area contributed by atoms with Crippen molar-refractivity contribution in [3.8, 4) is 17.0 Å². The van der Waals surface area contributed by atoms with E-state index in [1.807, 2.05) is 18.2 Å². The molecule has 0 aliphatic carbocycles. The number of ether oxygens (including phenoxy) is 1. The van der Waals surface area contributed by atoms with Gasteiger partial charge in [-0.3, -0.25) is 0 Å². The van der Waals surface area contributed by atoms with E-state index in [-0.39, 0.29) is 18.2 Å². The summed E-state index contributed by atoms with van der Waals surface area (Å²) in [5.41, 5.74) is 8.76. The Labute approximate surface area is 173 Å². The van der Waals surface area contributed by atoms with Crippen LogP contribution in [0.1, 0.15) is 12.5 Å². The van der Waals surface area contributed by atoms with Gasteiger partial charge < -0.3 is 20.7 Å². The van der Waals surface area contributed by atoms with Crippen molar-refractivity contribution in [2.45, 2.75) is 13.0 Å². The lowest BCUT2D eigenvalue weighted by Gasteiger charge is -2.08. The monoisotopic (exact) mass is 417 g/mol. The zero-order chi connectivity index (χ0) is 21.4. The van der Waals surface area contributed by atoms with Crippen molar-refractivity contribution < 1.29 is 18.8 Å². The second-order valence-electron chi connectivity index (χ2n) is 6.04. The number of allylic oxidation sites excluding steroid dienone is 4. The molecule has 0 saturated heterocycles.